The van der Waals surface area contributed by atoms with E-state index in [1.807, 2.05) is 0 Å². The lowest BCUT2D eigenvalue weighted by Gasteiger charge is -2.24. The van der Waals surface area contributed by atoms with E-state index in [4.69, 9.17) is 4.74 Å². The molecule has 0 aliphatic carbocycles. The number of carbonyl (C=O) groups is 2. The van der Waals surface area contributed by atoms with Gasteiger partial charge in [-0.3, -0.25) is 9.59 Å². The Kier molecular flexibility index (Phi) is 53.5. The standard InChI is InChI=1S/C62H113NO5/c1-4-7-10-13-16-19-22-25-28-30-32-34-37-40-43-46-49-52-55-62(67)68-58(53-50-47-44-41-38-35-33-31-29-26-23-20-17-14-11-8-5-2)56-61(66)63-59(57-64)60(65)54-51-48-45-42-39-36-27-24-21-18-15-12-9-6-3/h8,11,17,20,26,29,33,35,41,44,58-60,64-65H,4-7,9-10,12-16,18-19,21-25,27-28,30-32,34,36-40,42-43,45-57H2,1-3H3,(H,63,66)/b11-8-,20-17-,29-26-,35-33-,44-41-. The number of hydrogen-bond donors (Lipinski definition) is 3. The molecule has 6 nitrogen and oxygen atoms in total. The Morgan fingerprint density at radius 3 is 1.18 bits per heavy atom. The first-order chi connectivity index (χ1) is 33.5. The van der Waals surface area contributed by atoms with Crippen LogP contribution in [-0.4, -0.2) is 46.9 Å². The van der Waals surface area contributed by atoms with Crippen LogP contribution >= 0.6 is 0 Å². The third-order valence-corrected chi connectivity index (χ3v) is 13.4. The zero-order valence-electron chi connectivity index (χ0n) is 45.2. The van der Waals surface area contributed by atoms with Crippen LogP contribution in [0.1, 0.15) is 297 Å². The van der Waals surface area contributed by atoms with Gasteiger partial charge in [0, 0.05) is 6.42 Å². The molecule has 0 saturated carbocycles. The number of amides is 1. The fraction of sp³-hybridized carbons (Fsp3) is 0.806. The van der Waals surface area contributed by atoms with Gasteiger partial charge in [-0.2, -0.15) is 0 Å². The zero-order valence-corrected chi connectivity index (χ0v) is 45.2. The smallest absolute Gasteiger partial charge is 0.306 e. The Hall–Kier alpha value is -2.44. The fourth-order valence-electron chi connectivity index (χ4n) is 8.94. The van der Waals surface area contributed by atoms with E-state index in [-0.39, 0.29) is 24.9 Å². The van der Waals surface area contributed by atoms with Gasteiger partial charge in [0.1, 0.15) is 6.10 Å². The second-order valence-corrected chi connectivity index (χ2v) is 20.0. The van der Waals surface area contributed by atoms with Gasteiger partial charge in [0.15, 0.2) is 0 Å². The van der Waals surface area contributed by atoms with Crippen molar-refractivity contribution in [2.45, 2.75) is 315 Å². The van der Waals surface area contributed by atoms with Gasteiger partial charge < -0.3 is 20.3 Å². The minimum absolute atomic E-state index is 0.0403. The summed E-state index contributed by atoms with van der Waals surface area (Å²) >= 11 is 0. The molecule has 3 N–H and O–H groups in total. The normalized spacial score (nSPS) is 13.5. The van der Waals surface area contributed by atoms with Crippen molar-refractivity contribution < 1.29 is 24.5 Å². The molecule has 0 aliphatic rings. The molecular formula is C62H113NO5. The third-order valence-electron chi connectivity index (χ3n) is 13.4. The number of esters is 1. The first-order valence-electron chi connectivity index (χ1n) is 29.5. The third kappa shape index (κ3) is 50.0. The molecule has 0 aliphatic heterocycles. The number of nitrogens with one attached hydrogen (secondary N) is 1. The van der Waals surface area contributed by atoms with Crippen LogP contribution in [-0.2, 0) is 14.3 Å². The van der Waals surface area contributed by atoms with Crippen LogP contribution in [0.4, 0.5) is 0 Å². The minimum Gasteiger partial charge on any atom is -0.462 e. The van der Waals surface area contributed by atoms with Crippen molar-refractivity contribution in [1.82, 2.24) is 5.32 Å². The van der Waals surface area contributed by atoms with E-state index in [2.05, 4.69) is 86.8 Å². The van der Waals surface area contributed by atoms with Crippen molar-refractivity contribution in [2.75, 3.05) is 6.61 Å². The molecule has 0 rings (SSSR count). The second-order valence-electron chi connectivity index (χ2n) is 20.0. The quantitative estimate of drug-likeness (QED) is 0.0321. The van der Waals surface area contributed by atoms with Crippen molar-refractivity contribution in [2.24, 2.45) is 0 Å². The fourth-order valence-corrected chi connectivity index (χ4v) is 8.94. The average molecular weight is 953 g/mol. The topological polar surface area (TPSA) is 95.9 Å². The number of ether oxygens (including phenoxy) is 1. The van der Waals surface area contributed by atoms with Gasteiger partial charge in [-0.1, -0.05) is 281 Å². The van der Waals surface area contributed by atoms with E-state index in [9.17, 15) is 19.8 Å². The first kappa shape index (κ1) is 65.6. The van der Waals surface area contributed by atoms with Gasteiger partial charge in [0.05, 0.1) is 25.2 Å². The van der Waals surface area contributed by atoms with Crippen molar-refractivity contribution >= 4 is 11.9 Å². The van der Waals surface area contributed by atoms with Crippen molar-refractivity contribution in [3.05, 3.63) is 60.8 Å². The molecule has 0 bridgehead atoms. The molecule has 0 aromatic carbocycles. The number of hydrogen-bond acceptors (Lipinski definition) is 5. The summed E-state index contributed by atoms with van der Waals surface area (Å²) in [5, 5.41) is 23.9. The number of aliphatic hydroxyl groups excluding tert-OH is 2. The minimum atomic E-state index is -0.804. The highest BCUT2D eigenvalue weighted by molar-refractivity contribution is 5.77. The molecular weight excluding hydrogens is 839 g/mol. The molecule has 0 fully saturated rings. The number of rotatable bonds is 53. The predicted octanol–water partition coefficient (Wildman–Crippen LogP) is 18.4. The molecule has 6 heteroatoms. The molecule has 68 heavy (non-hydrogen) atoms. The van der Waals surface area contributed by atoms with E-state index in [1.165, 1.54) is 167 Å². The van der Waals surface area contributed by atoms with Crippen LogP contribution in [0, 0.1) is 0 Å². The Bertz CT molecular complexity index is 1210. The molecule has 0 aromatic rings. The molecule has 3 atom stereocenters. The summed E-state index contributed by atoms with van der Waals surface area (Å²) in [6.07, 6.45) is 70.1. The summed E-state index contributed by atoms with van der Waals surface area (Å²) in [5.74, 6) is -0.518. The molecule has 0 radical (unpaired) electrons. The van der Waals surface area contributed by atoms with Gasteiger partial charge in [-0.25, -0.2) is 0 Å². The van der Waals surface area contributed by atoms with E-state index in [1.54, 1.807) is 0 Å². The maximum Gasteiger partial charge on any atom is 0.306 e. The number of allylic oxidation sites excluding steroid dienone is 10. The first-order valence-corrected chi connectivity index (χ1v) is 29.5. The Morgan fingerprint density at radius 1 is 0.441 bits per heavy atom. The highest BCUT2D eigenvalue weighted by Gasteiger charge is 2.24. The van der Waals surface area contributed by atoms with Crippen LogP contribution in [0.2, 0.25) is 0 Å². The van der Waals surface area contributed by atoms with E-state index in [0.29, 0.717) is 19.3 Å². The Balaban J connectivity index is 4.62. The summed E-state index contributed by atoms with van der Waals surface area (Å²) < 4.78 is 5.94. The molecule has 3 unspecified atom stereocenters. The van der Waals surface area contributed by atoms with Gasteiger partial charge >= 0.3 is 5.97 Å². The van der Waals surface area contributed by atoms with E-state index >= 15 is 0 Å². The highest BCUT2D eigenvalue weighted by atomic mass is 16.5. The molecule has 1 amide bonds. The number of unbranched alkanes of at least 4 members (excludes halogenated alkanes) is 31. The van der Waals surface area contributed by atoms with E-state index in [0.717, 1.165) is 83.5 Å². The van der Waals surface area contributed by atoms with Gasteiger partial charge in [-0.15, -0.1) is 0 Å². The highest BCUT2D eigenvalue weighted by Crippen LogP contribution is 2.18. The molecule has 0 heterocycles. The maximum absolute atomic E-state index is 13.3. The molecule has 396 valence electrons. The van der Waals surface area contributed by atoms with Gasteiger partial charge in [-0.05, 0) is 64.2 Å². The summed E-state index contributed by atoms with van der Waals surface area (Å²) in [5.41, 5.74) is 0. The van der Waals surface area contributed by atoms with Crippen LogP contribution in [0.25, 0.3) is 0 Å². The van der Waals surface area contributed by atoms with Crippen molar-refractivity contribution in [3.8, 4) is 0 Å². The Morgan fingerprint density at radius 2 is 0.794 bits per heavy atom. The summed E-state index contributed by atoms with van der Waals surface area (Å²) in [6.45, 7) is 6.39. The van der Waals surface area contributed by atoms with Crippen molar-refractivity contribution in [1.29, 1.82) is 0 Å². The molecule has 0 aromatic heterocycles. The summed E-state index contributed by atoms with van der Waals surface area (Å²) in [7, 11) is 0. The van der Waals surface area contributed by atoms with E-state index < -0.39 is 18.2 Å². The summed E-state index contributed by atoms with van der Waals surface area (Å²) in [6, 6.07) is -0.721. The lowest BCUT2D eigenvalue weighted by atomic mass is 10.0. The lowest BCUT2D eigenvalue weighted by molar-refractivity contribution is -0.151. The van der Waals surface area contributed by atoms with Crippen molar-refractivity contribution in [3.63, 3.8) is 0 Å². The van der Waals surface area contributed by atoms with Crippen LogP contribution < -0.4 is 5.32 Å². The van der Waals surface area contributed by atoms with Gasteiger partial charge in [0.25, 0.3) is 0 Å². The Labute approximate surface area is 422 Å². The predicted molar refractivity (Wildman–Crippen MR) is 296 cm³/mol. The maximum atomic E-state index is 13.3. The zero-order chi connectivity index (χ0) is 49.5. The largest absolute Gasteiger partial charge is 0.462 e. The average Bonchev–Trinajstić information content (AvgIpc) is 3.33. The number of aliphatic hydroxyl groups is 2. The van der Waals surface area contributed by atoms with Crippen LogP contribution in [0.3, 0.4) is 0 Å². The monoisotopic (exact) mass is 952 g/mol. The lowest BCUT2D eigenvalue weighted by Crippen LogP contribution is -2.46. The summed E-state index contributed by atoms with van der Waals surface area (Å²) in [4.78, 5) is 26.3. The van der Waals surface area contributed by atoms with Crippen LogP contribution in [0.5, 0.6) is 0 Å². The molecule has 0 spiro atoms. The SMILES string of the molecule is CC/C=C\C/C=C\C/C=C\C/C=C\C/C=C\CCCC(CC(=O)NC(CO)C(O)CCCCCCCCCCCCCCCC)OC(=O)CCCCCCCCCCCCCCCCCCCC. The van der Waals surface area contributed by atoms with Crippen LogP contribution in [0.15, 0.2) is 60.8 Å². The molecule has 0 saturated heterocycles. The van der Waals surface area contributed by atoms with Gasteiger partial charge in [0.2, 0.25) is 5.91 Å². The number of carbonyl (C=O) groups excluding carboxylic acids is 2. The second kappa shape index (κ2) is 55.5.